The van der Waals surface area contributed by atoms with Crippen LogP contribution in [0.5, 0.6) is 0 Å². The molecule has 178 valence electrons. The van der Waals surface area contributed by atoms with Crippen LogP contribution in [0.4, 0.5) is 0 Å². The van der Waals surface area contributed by atoms with Crippen LogP contribution in [0, 0.1) is 6.92 Å². The number of halogens is 1. The molecule has 0 bridgehead atoms. The Labute approximate surface area is 207 Å². The number of benzene rings is 3. The van der Waals surface area contributed by atoms with E-state index >= 15 is 0 Å². The maximum absolute atomic E-state index is 13.7. The molecule has 0 aliphatic rings. The average molecular weight is 477 g/mol. The smallest absolute Gasteiger partial charge is 0.243 e. The van der Waals surface area contributed by atoms with Gasteiger partial charge in [0.1, 0.15) is 6.04 Å². The Balaban J connectivity index is 1.97. The summed E-state index contributed by atoms with van der Waals surface area (Å²) in [7, 11) is 0. The summed E-state index contributed by atoms with van der Waals surface area (Å²) in [4.78, 5) is 28.9. The molecule has 0 radical (unpaired) electrons. The van der Waals surface area contributed by atoms with Gasteiger partial charge in [0.15, 0.2) is 0 Å². The predicted molar refractivity (Wildman–Crippen MR) is 139 cm³/mol. The normalized spacial score (nSPS) is 12.1. The zero-order chi connectivity index (χ0) is 24.7. The van der Waals surface area contributed by atoms with E-state index in [4.69, 9.17) is 11.6 Å². The van der Waals surface area contributed by atoms with Crippen molar-refractivity contribution < 1.29 is 9.59 Å². The molecule has 0 aliphatic carbocycles. The molecule has 0 saturated carbocycles. The second-order valence-corrected chi connectivity index (χ2v) is 10.2. The second-order valence-electron chi connectivity index (χ2n) is 9.76. The van der Waals surface area contributed by atoms with Crippen LogP contribution in [0.3, 0.4) is 0 Å². The first-order valence-electron chi connectivity index (χ1n) is 11.6. The Bertz CT molecular complexity index is 1090. The van der Waals surface area contributed by atoms with E-state index in [9.17, 15) is 9.59 Å². The number of aryl methyl sites for hydroxylation is 1. The Morgan fingerprint density at radius 3 is 2.03 bits per heavy atom. The van der Waals surface area contributed by atoms with Crippen molar-refractivity contribution in [2.24, 2.45) is 0 Å². The molecule has 0 spiro atoms. The summed E-state index contributed by atoms with van der Waals surface area (Å²) in [6.07, 6.45) is 0.651. The fourth-order valence-electron chi connectivity index (χ4n) is 3.78. The van der Waals surface area contributed by atoms with E-state index in [0.29, 0.717) is 18.0 Å². The highest BCUT2D eigenvalue weighted by atomic mass is 35.5. The van der Waals surface area contributed by atoms with Crippen LogP contribution in [0.15, 0.2) is 78.9 Å². The Morgan fingerprint density at radius 2 is 1.44 bits per heavy atom. The number of carbonyl (C=O) groups excluding carboxylic acids is 2. The molecule has 5 heteroatoms. The van der Waals surface area contributed by atoms with Crippen molar-refractivity contribution in [3.63, 3.8) is 0 Å². The minimum Gasteiger partial charge on any atom is -0.350 e. The first-order chi connectivity index (χ1) is 16.1. The molecule has 0 heterocycles. The summed E-state index contributed by atoms with van der Waals surface area (Å²) in [6.45, 7) is 8.18. The van der Waals surface area contributed by atoms with Gasteiger partial charge in [-0.2, -0.15) is 0 Å². The molecule has 0 aromatic heterocycles. The number of amides is 2. The molecule has 34 heavy (non-hydrogen) atoms. The van der Waals surface area contributed by atoms with Crippen LogP contribution < -0.4 is 5.32 Å². The molecule has 0 fully saturated rings. The topological polar surface area (TPSA) is 49.4 Å². The maximum atomic E-state index is 13.7. The van der Waals surface area contributed by atoms with E-state index in [0.717, 1.165) is 22.3 Å². The molecule has 3 aromatic carbocycles. The first-order valence-corrected chi connectivity index (χ1v) is 11.9. The molecule has 3 aromatic rings. The molecule has 0 unspecified atom stereocenters. The van der Waals surface area contributed by atoms with Crippen molar-refractivity contribution in [2.75, 3.05) is 0 Å². The van der Waals surface area contributed by atoms with Crippen LogP contribution in [0.25, 0.3) is 0 Å². The SMILES string of the molecule is Cc1ccc(CC(=O)N(Cc2ccc(Cl)cc2)[C@H](Cc2ccccc2)C(=O)NC(C)(C)C)cc1. The average Bonchev–Trinajstić information content (AvgIpc) is 2.78. The first kappa shape index (κ1) is 25.5. The molecule has 3 rings (SSSR count). The number of rotatable bonds is 8. The highest BCUT2D eigenvalue weighted by molar-refractivity contribution is 6.30. The van der Waals surface area contributed by atoms with Gasteiger partial charge in [-0.25, -0.2) is 0 Å². The highest BCUT2D eigenvalue weighted by Crippen LogP contribution is 2.19. The summed E-state index contributed by atoms with van der Waals surface area (Å²) in [6, 6.07) is 24.5. The lowest BCUT2D eigenvalue weighted by Crippen LogP contribution is -2.54. The van der Waals surface area contributed by atoms with Gasteiger partial charge in [0.2, 0.25) is 11.8 Å². The van der Waals surface area contributed by atoms with E-state index in [2.05, 4.69) is 5.32 Å². The minimum absolute atomic E-state index is 0.0937. The van der Waals surface area contributed by atoms with Gasteiger partial charge in [-0.15, -0.1) is 0 Å². The van der Waals surface area contributed by atoms with Gasteiger partial charge in [0.05, 0.1) is 6.42 Å². The highest BCUT2D eigenvalue weighted by Gasteiger charge is 2.32. The summed E-state index contributed by atoms with van der Waals surface area (Å²) in [5.74, 6) is -0.258. The summed E-state index contributed by atoms with van der Waals surface area (Å²) in [5.41, 5.74) is 3.56. The van der Waals surface area contributed by atoms with E-state index in [1.54, 1.807) is 17.0 Å². The third-order valence-corrected chi connectivity index (χ3v) is 5.76. The van der Waals surface area contributed by atoms with Gasteiger partial charge in [0.25, 0.3) is 0 Å². The van der Waals surface area contributed by atoms with Crippen molar-refractivity contribution in [3.05, 3.63) is 106 Å². The maximum Gasteiger partial charge on any atom is 0.243 e. The van der Waals surface area contributed by atoms with Crippen LogP contribution >= 0.6 is 11.6 Å². The van der Waals surface area contributed by atoms with E-state index in [-0.39, 0.29) is 18.2 Å². The quantitative estimate of drug-likeness (QED) is 0.450. The molecule has 4 nitrogen and oxygen atoms in total. The number of nitrogens with one attached hydrogen (secondary N) is 1. The van der Waals surface area contributed by atoms with Gasteiger partial charge >= 0.3 is 0 Å². The van der Waals surface area contributed by atoms with Crippen molar-refractivity contribution >= 4 is 23.4 Å². The molecular weight excluding hydrogens is 444 g/mol. The summed E-state index contributed by atoms with van der Waals surface area (Å²) in [5, 5.41) is 3.72. The zero-order valence-electron chi connectivity index (χ0n) is 20.3. The monoisotopic (exact) mass is 476 g/mol. The molecule has 2 amide bonds. The largest absolute Gasteiger partial charge is 0.350 e. The van der Waals surface area contributed by atoms with Crippen molar-refractivity contribution in [3.8, 4) is 0 Å². The Kier molecular flexibility index (Phi) is 8.51. The Hall–Kier alpha value is -3.11. The number of carbonyl (C=O) groups is 2. The minimum atomic E-state index is -0.657. The van der Waals surface area contributed by atoms with Crippen molar-refractivity contribution in [2.45, 2.75) is 58.7 Å². The van der Waals surface area contributed by atoms with Gasteiger partial charge in [-0.05, 0) is 56.5 Å². The third-order valence-electron chi connectivity index (χ3n) is 5.51. The van der Waals surface area contributed by atoms with E-state index in [1.165, 1.54) is 0 Å². The standard InChI is InChI=1S/C29H33ClN2O2/c1-21-10-12-23(13-11-21)19-27(33)32(20-24-14-16-25(30)17-15-24)26(28(34)31-29(2,3)4)18-22-8-6-5-7-9-22/h5-17,26H,18-20H2,1-4H3,(H,31,34)/t26-/m1/s1. The lowest BCUT2D eigenvalue weighted by Gasteiger charge is -2.34. The van der Waals surface area contributed by atoms with E-state index in [1.807, 2.05) is 94.4 Å². The van der Waals surface area contributed by atoms with Crippen LogP contribution in [-0.2, 0) is 29.0 Å². The molecular formula is C29H33ClN2O2. The summed E-state index contributed by atoms with van der Waals surface area (Å²) < 4.78 is 0. The third kappa shape index (κ3) is 7.74. The Morgan fingerprint density at radius 1 is 0.853 bits per heavy atom. The number of hydrogen-bond donors (Lipinski definition) is 1. The van der Waals surface area contributed by atoms with Crippen LogP contribution in [-0.4, -0.2) is 28.3 Å². The van der Waals surface area contributed by atoms with Gasteiger partial charge in [-0.3, -0.25) is 9.59 Å². The van der Waals surface area contributed by atoms with Gasteiger partial charge < -0.3 is 10.2 Å². The van der Waals surface area contributed by atoms with Crippen LogP contribution in [0.2, 0.25) is 5.02 Å². The van der Waals surface area contributed by atoms with Crippen molar-refractivity contribution in [1.29, 1.82) is 0 Å². The second kappa shape index (κ2) is 11.3. The molecule has 0 saturated heterocycles. The molecule has 1 atom stereocenters. The fourth-order valence-corrected chi connectivity index (χ4v) is 3.90. The molecule has 1 N–H and O–H groups in total. The zero-order valence-corrected chi connectivity index (χ0v) is 21.1. The van der Waals surface area contributed by atoms with Gasteiger partial charge in [-0.1, -0.05) is 83.9 Å². The van der Waals surface area contributed by atoms with Gasteiger partial charge in [0, 0.05) is 23.5 Å². The number of hydrogen-bond acceptors (Lipinski definition) is 2. The molecule has 0 aliphatic heterocycles. The fraction of sp³-hybridized carbons (Fsp3) is 0.310. The lowest BCUT2D eigenvalue weighted by atomic mass is 9.99. The lowest BCUT2D eigenvalue weighted by molar-refractivity contribution is -0.141. The predicted octanol–water partition coefficient (Wildman–Crippen LogP) is 5.75. The van der Waals surface area contributed by atoms with E-state index < -0.39 is 11.6 Å². The number of nitrogens with zero attached hydrogens (tertiary/aromatic N) is 1. The summed E-state index contributed by atoms with van der Waals surface area (Å²) >= 11 is 6.08. The van der Waals surface area contributed by atoms with Crippen LogP contribution in [0.1, 0.15) is 43.0 Å². The van der Waals surface area contributed by atoms with Crippen molar-refractivity contribution in [1.82, 2.24) is 10.2 Å².